The molecule has 5 nitrogen and oxygen atoms in total. The summed E-state index contributed by atoms with van der Waals surface area (Å²) in [7, 11) is 3.25. The van der Waals surface area contributed by atoms with Crippen LogP contribution in [0.25, 0.3) is 0 Å². The van der Waals surface area contributed by atoms with Gasteiger partial charge in [-0.15, -0.1) is 0 Å². The molecule has 0 bridgehead atoms. The number of fused-ring (bicyclic) bond motifs is 1. The number of hydrogen-bond acceptors (Lipinski definition) is 4. The molecule has 1 atom stereocenters. The molecule has 0 radical (unpaired) electrons. The van der Waals surface area contributed by atoms with E-state index in [1.807, 2.05) is 47.4 Å². The fraction of sp³-hybridized carbons (Fsp3) is 0.350. The number of para-hydroxylation sites is 1. The minimum absolute atomic E-state index is 0.00992. The minimum Gasteiger partial charge on any atom is -0.493 e. The first-order chi connectivity index (χ1) is 12.1. The van der Waals surface area contributed by atoms with Gasteiger partial charge in [-0.1, -0.05) is 18.2 Å². The van der Waals surface area contributed by atoms with Crippen molar-refractivity contribution in [3.8, 4) is 17.2 Å². The summed E-state index contributed by atoms with van der Waals surface area (Å²) in [4.78, 5) is 14.6. The maximum Gasteiger partial charge on any atom is 0.263 e. The van der Waals surface area contributed by atoms with Gasteiger partial charge in [-0.05, 0) is 48.7 Å². The van der Waals surface area contributed by atoms with Gasteiger partial charge in [-0.25, -0.2) is 0 Å². The lowest BCUT2D eigenvalue weighted by Crippen LogP contribution is -2.43. The monoisotopic (exact) mass is 341 g/mol. The van der Waals surface area contributed by atoms with Gasteiger partial charge in [0.1, 0.15) is 5.75 Å². The van der Waals surface area contributed by atoms with Gasteiger partial charge in [0.2, 0.25) is 0 Å². The molecule has 0 fully saturated rings. The van der Waals surface area contributed by atoms with E-state index in [-0.39, 0.29) is 5.91 Å². The predicted octanol–water partition coefficient (Wildman–Crippen LogP) is 3.06. The smallest absolute Gasteiger partial charge is 0.263 e. The highest BCUT2D eigenvalue weighted by atomic mass is 16.5. The highest BCUT2D eigenvalue weighted by Crippen LogP contribution is 2.33. The maximum atomic E-state index is 12.7. The van der Waals surface area contributed by atoms with Crippen LogP contribution in [0, 0.1) is 0 Å². The normalized spacial score (nSPS) is 14.4. The molecule has 1 aliphatic rings. The number of amides is 1. The zero-order valence-electron chi connectivity index (χ0n) is 14.8. The molecule has 1 amide bonds. The van der Waals surface area contributed by atoms with Crippen molar-refractivity contribution in [2.24, 2.45) is 0 Å². The van der Waals surface area contributed by atoms with E-state index in [2.05, 4.69) is 0 Å². The molecular weight excluding hydrogens is 318 g/mol. The van der Waals surface area contributed by atoms with Crippen molar-refractivity contribution in [1.29, 1.82) is 0 Å². The molecule has 2 aromatic carbocycles. The summed E-state index contributed by atoms with van der Waals surface area (Å²) >= 11 is 0. The van der Waals surface area contributed by atoms with E-state index in [9.17, 15) is 4.79 Å². The Balaban J connectivity index is 1.72. The van der Waals surface area contributed by atoms with Crippen LogP contribution in [0.15, 0.2) is 42.5 Å². The van der Waals surface area contributed by atoms with E-state index < -0.39 is 6.10 Å². The van der Waals surface area contributed by atoms with Crippen LogP contribution in [0.4, 0.5) is 0 Å². The Morgan fingerprint density at radius 1 is 1.04 bits per heavy atom. The number of carbonyl (C=O) groups excluding carboxylic acids is 1. The number of ether oxygens (including phenoxy) is 3. The van der Waals surface area contributed by atoms with E-state index in [1.165, 1.54) is 5.56 Å². The van der Waals surface area contributed by atoms with Crippen molar-refractivity contribution < 1.29 is 19.0 Å². The van der Waals surface area contributed by atoms with Crippen LogP contribution >= 0.6 is 0 Å². The number of benzene rings is 2. The van der Waals surface area contributed by atoms with Gasteiger partial charge in [0.25, 0.3) is 5.91 Å². The molecule has 1 heterocycles. The summed E-state index contributed by atoms with van der Waals surface area (Å²) in [5.41, 5.74) is 2.28. The van der Waals surface area contributed by atoms with Crippen molar-refractivity contribution in [2.45, 2.75) is 26.0 Å². The van der Waals surface area contributed by atoms with Crippen LogP contribution < -0.4 is 14.2 Å². The number of hydrogen-bond donors (Lipinski definition) is 0. The van der Waals surface area contributed by atoms with Gasteiger partial charge in [-0.3, -0.25) is 4.79 Å². The number of rotatable bonds is 5. The molecule has 0 saturated heterocycles. The first kappa shape index (κ1) is 17.1. The lowest BCUT2D eigenvalue weighted by atomic mass is 9.98. The second-order valence-corrected chi connectivity index (χ2v) is 6.06. The topological polar surface area (TPSA) is 48.0 Å². The SMILES string of the molecule is COc1cc2c(cc1OC)CN(C(=O)C(C)Oc1ccccc1)CC2. The molecule has 3 rings (SSSR count). The molecule has 0 aliphatic carbocycles. The van der Waals surface area contributed by atoms with E-state index in [0.717, 1.165) is 17.7 Å². The molecule has 1 aliphatic heterocycles. The summed E-state index contributed by atoms with van der Waals surface area (Å²) in [6, 6.07) is 13.4. The average molecular weight is 341 g/mol. The minimum atomic E-state index is -0.524. The molecule has 0 aromatic heterocycles. The third-order valence-corrected chi connectivity index (χ3v) is 4.43. The summed E-state index contributed by atoms with van der Waals surface area (Å²) in [6.07, 6.45) is 0.267. The highest BCUT2D eigenvalue weighted by Gasteiger charge is 2.27. The molecule has 132 valence electrons. The van der Waals surface area contributed by atoms with Crippen LogP contribution in [-0.4, -0.2) is 37.7 Å². The van der Waals surface area contributed by atoms with Crippen molar-refractivity contribution in [2.75, 3.05) is 20.8 Å². The van der Waals surface area contributed by atoms with E-state index in [0.29, 0.717) is 24.6 Å². The molecule has 1 unspecified atom stereocenters. The van der Waals surface area contributed by atoms with E-state index >= 15 is 0 Å². The molecule has 25 heavy (non-hydrogen) atoms. The zero-order valence-corrected chi connectivity index (χ0v) is 14.8. The van der Waals surface area contributed by atoms with Crippen molar-refractivity contribution in [3.63, 3.8) is 0 Å². The quantitative estimate of drug-likeness (QED) is 0.839. The summed E-state index contributed by atoms with van der Waals surface area (Å²) in [5, 5.41) is 0. The Morgan fingerprint density at radius 2 is 1.68 bits per heavy atom. The van der Waals surface area contributed by atoms with Gasteiger partial charge in [-0.2, -0.15) is 0 Å². The number of methoxy groups -OCH3 is 2. The predicted molar refractivity (Wildman–Crippen MR) is 95.2 cm³/mol. The Bertz CT molecular complexity index is 745. The Labute approximate surface area is 148 Å². The highest BCUT2D eigenvalue weighted by molar-refractivity contribution is 5.81. The van der Waals surface area contributed by atoms with E-state index in [1.54, 1.807) is 21.1 Å². The Hall–Kier alpha value is -2.69. The summed E-state index contributed by atoms with van der Waals surface area (Å²) in [5.74, 6) is 2.10. The standard InChI is InChI=1S/C20H23NO4/c1-14(25-17-7-5-4-6-8-17)20(22)21-10-9-15-11-18(23-2)19(24-3)12-16(15)13-21/h4-8,11-12,14H,9-10,13H2,1-3H3. The number of carbonyl (C=O) groups is 1. The largest absolute Gasteiger partial charge is 0.493 e. The fourth-order valence-electron chi connectivity index (χ4n) is 3.08. The van der Waals surface area contributed by atoms with Crippen molar-refractivity contribution in [1.82, 2.24) is 4.90 Å². The van der Waals surface area contributed by atoms with Crippen LogP contribution in [0.5, 0.6) is 17.2 Å². The third kappa shape index (κ3) is 3.71. The van der Waals surface area contributed by atoms with Gasteiger partial charge in [0.15, 0.2) is 17.6 Å². The lowest BCUT2D eigenvalue weighted by molar-refractivity contribution is -0.138. The van der Waals surface area contributed by atoms with Crippen molar-refractivity contribution in [3.05, 3.63) is 53.6 Å². The van der Waals surface area contributed by atoms with Gasteiger partial charge >= 0.3 is 0 Å². The number of nitrogens with zero attached hydrogens (tertiary/aromatic N) is 1. The summed E-state index contributed by atoms with van der Waals surface area (Å²) in [6.45, 7) is 3.01. The van der Waals surface area contributed by atoms with Crippen LogP contribution in [-0.2, 0) is 17.8 Å². The molecule has 0 spiro atoms. The average Bonchev–Trinajstić information content (AvgIpc) is 2.66. The van der Waals surface area contributed by atoms with Gasteiger partial charge in [0.05, 0.1) is 14.2 Å². The van der Waals surface area contributed by atoms with E-state index in [4.69, 9.17) is 14.2 Å². The van der Waals surface area contributed by atoms with Crippen LogP contribution in [0.2, 0.25) is 0 Å². The molecule has 0 saturated carbocycles. The van der Waals surface area contributed by atoms with Crippen LogP contribution in [0.3, 0.4) is 0 Å². The Kier molecular flexibility index (Phi) is 5.12. The zero-order chi connectivity index (χ0) is 17.8. The maximum absolute atomic E-state index is 12.7. The molecule has 2 aromatic rings. The van der Waals surface area contributed by atoms with Gasteiger partial charge < -0.3 is 19.1 Å². The Morgan fingerprint density at radius 3 is 2.32 bits per heavy atom. The molecular formula is C20H23NO4. The van der Waals surface area contributed by atoms with Crippen LogP contribution in [0.1, 0.15) is 18.1 Å². The fourth-order valence-corrected chi connectivity index (χ4v) is 3.08. The molecule has 0 N–H and O–H groups in total. The molecule has 5 heteroatoms. The summed E-state index contributed by atoms with van der Waals surface area (Å²) < 4.78 is 16.5. The third-order valence-electron chi connectivity index (χ3n) is 4.43. The second-order valence-electron chi connectivity index (χ2n) is 6.06. The first-order valence-corrected chi connectivity index (χ1v) is 8.36. The van der Waals surface area contributed by atoms with Gasteiger partial charge in [0, 0.05) is 13.1 Å². The first-order valence-electron chi connectivity index (χ1n) is 8.36. The lowest BCUT2D eigenvalue weighted by Gasteiger charge is -2.31. The second kappa shape index (κ2) is 7.47. The van der Waals surface area contributed by atoms with Crippen molar-refractivity contribution >= 4 is 5.91 Å².